The number of ether oxygens (including phenoxy) is 1. The molecule has 1 saturated carbocycles. The Hall–Kier alpha value is -1.94. The Kier molecular flexibility index (Phi) is 4.37. The lowest BCUT2D eigenvalue weighted by atomic mass is 9.82. The SMILES string of the molecule is c1cc2c(cc1C1CCCCC1)CCN(c1ncc3c(n1)CCOC3)C2. The highest BCUT2D eigenvalue weighted by Crippen LogP contribution is 2.34. The molecule has 1 fully saturated rings. The number of fused-ring (bicyclic) bond motifs is 2. The van der Waals surface area contributed by atoms with Crippen LogP contribution >= 0.6 is 0 Å². The normalized spacial score (nSPS) is 20.5. The van der Waals surface area contributed by atoms with Gasteiger partial charge in [-0.15, -0.1) is 0 Å². The summed E-state index contributed by atoms with van der Waals surface area (Å²) in [5, 5.41) is 0. The van der Waals surface area contributed by atoms with E-state index in [0.717, 1.165) is 50.0 Å². The van der Waals surface area contributed by atoms with Crippen molar-refractivity contribution < 1.29 is 4.74 Å². The van der Waals surface area contributed by atoms with Gasteiger partial charge in [-0.3, -0.25) is 0 Å². The van der Waals surface area contributed by atoms with Crippen molar-refractivity contribution in [2.75, 3.05) is 18.1 Å². The molecule has 1 aromatic heterocycles. The third-order valence-electron chi connectivity index (χ3n) is 6.28. The van der Waals surface area contributed by atoms with E-state index in [0.29, 0.717) is 6.61 Å². The van der Waals surface area contributed by atoms with E-state index < -0.39 is 0 Å². The van der Waals surface area contributed by atoms with Gasteiger partial charge in [0.2, 0.25) is 5.95 Å². The molecule has 2 aliphatic heterocycles. The van der Waals surface area contributed by atoms with E-state index in [1.54, 1.807) is 5.56 Å². The van der Waals surface area contributed by atoms with Gasteiger partial charge in [-0.05, 0) is 41.9 Å². The number of anilines is 1. The lowest BCUT2D eigenvalue weighted by molar-refractivity contribution is 0.109. The Balaban J connectivity index is 1.35. The molecule has 3 heterocycles. The Labute approximate surface area is 155 Å². The van der Waals surface area contributed by atoms with Gasteiger partial charge in [0, 0.05) is 31.3 Å². The first-order valence-corrected chi connectivity index (χ1v) is 10.2. The largest absolute Gasteiger partial charge is 0.376 e. The molecule has 0 saturated heterocycles. The van der Waals surface area contributed by atoms with Crippen LogP contribution in [0.1, 0.15) is 66.0 Å². The maximum atomic E-state index is 5.50. The van der Waals surface area contributed by atoms with Crippen molar-refractivity contribution in [1.82, 2.24) is 9.97 Å². The highest BCUT2D eigenvalue weighted by Gasteiger charge is 2.22. The van der Waals surface area contributed by atoms with Crippen LogP contribution in [0.2, 0.25) is 0 Å². The van der Waals surface area contributed by atoms with Crippen molar-refractivity contribution in [2.24, 2.45) is 0 Å². The summed E-state index contributed by atoms with van der Waals surface area (Å²) in [5.74, 6) is 1.67. The van der Waals surface area contributed by atoms with Gasteiger partial charge >= 0.3 is 0 Å². The fourth-order valence-corrected chi connectivity index (χ4v) is 4.71. The Morgan fingerprint density at radius 1 is 1.00 bits per heavy atom. The van der Waals surface area contributed by atoms with Crippen LogP contribution in [0.4, 0.5) is 5.95 Å². The van der Waals surface area contributed by atoms with Crippen molar-refractivity contribution in [3.05, 3.63) is 52.3 Å². The predicted molar refractivity (Wildman–Crippen MR) is 102 cm³/mol. The zero-order valence-corrected chi connectivity index (χ0v) is 15.4. The van der Waals surface area contributed by atoms with Crippen LogP contribution in [0.5, 0.6) is 0 Å². The highest BCUT2D eigenvalue weighted by atomic mass is 16.5. The van der Waals surface area contributed by atoms with Crippen molar-refractivity contribution in [2.45, 2.75) is 64.0 Å². The summed E-state index contributed by atoms with van der Waals surface area (Å²) >= 11 is 0. The second-order valence-electron chi connectivity index (χ2n) is 7.98. The molecule has 5 rings (SSSR count). The van der Waals surface area contributed by atoms with Crippen molar-refractivity contribution in [3.8, 4) is 0 Å². The molecule has 0 bridgehead atoms. The molecule has 4 nitrogen and oxygen atoms in total. The van der Waals surface area contributed by atoms with E-state index in [1.807, 2.05) is 6.20 Å². The summed E-state index contributed by atoms with van der Waals surface area (Å²) in [6.07, 6.45) is 10.9. The quantitative estimate of drug-likeness (QED) is 0.816. The number of hydrogen-bond acceptors (Lipinski definition) is 4. The molecule has 0 N–H and O–H groups in total. The second-order valence-corrected chi connectivity index (χ2v) is 7.98. The summed E-state index contributed by atoms with van der Waals surface area (Å²) in [4.78, 5) is 11.8. The van der Waals surface area contributed by atoms with Crippen LogP contribution in [-0.4, -0.2) is 23.1 Å². The molecule has 4 heteroatoms. The van der Waals surface area contributed by atoms with Gasteiger partial charge < -0.3 is 9.64 Å². The highest BCUT2D eigenvalue weighted by molar-refractivity contribution is 5.43. The Bertz CT molecular complexity index is 798. The molecule has 26 heavy (non-hydrogen) atoms. The molecular weight excluding hydrogens is 322 g/mol. The molecule has 3 aliphatic rings. The molecule has 0 amide bonds. The lowest BCUT2D eigenvalue weighted by Crippen LogP contribution is -2.32. The Morgan fingerprint density at radius 3 is 2.85 bits per heavy atom. The van der Waals surface area contributed by atoms with Crippen molar-refractivity contribution in [3.63, 3.8) is 0 Å². The van der Waals surface area contributed by atoms with Crippen LogP contribution in [0.25, 0.3) is 0 Å². The minimum absolute atomic E-state index is 0.655. The van der Waals surface area contributed by atoms with Gasteiger partial charge in [0.15, 0.2) is 0 Å². The number of nitrogens with zero attached hydrogens (tertiary/aromatic N) is 3. The maximum Gasteiger partial charge on any atom is 0.225 e. The zero-order valence-electron chi connectivity index (χ0n) is 15.4. The number of rotatable bonds is 2. The van der Waals surface area contributed by atoms with Gasteiger partial charge in [0.25, 0.3) is 0 Å². The fourth-order valence-electron chi connectivity index (χ4n) is 4.71. The summed E-state index contributed by atoms with van der Waals surface area (Å²) < 4.78 is 5.50. The summed E-state index contributed by atoms with van der Waals surface area (Å²) in [6.45, 7) is 3.37. The van der Waals surface area contributed by atoms with Gasteiger partial charge in [-0.2, -0.15) is 0 Å². The molecule has 2 aromatic rings. The third kappa shape index (κ3) is 3.11. The summed E-state index contributed by atoms with van der Waals surface area (Å²) in [7, 11) is 0. The molecule has 1 aromatic carbocycles. The van der Waals surface area contributed by atoms with Gasteiger partial charge in [-0.25, -0.2) is 9.97 Å². The number of hydrogen-bond donors (Lipinski definition) is 0. The van der Waals surface area contributed by atoms with Crippen LogP contribution in [0, 0.1) is 0 Å². The monoisotopic (exact) mass is 349 g/mol. The zero-order chi connectivity index (χ0) is 17.3. The first kappa shape index (κ1) is 16.2. The molecule has 0 spiro atoms. The summed E-state index contributed by atoms with van der Waals surface area (Å²) in [6, 6.07) is 7.23. The van der Waals surface area contributed by atoms with E-state index in [-0.39, 0.29) is 0 Å². The van der Waals surface area contributed by atoms with E-state index >= 15 is 0 Å². The van der Waals surface area contributed by atoms with Crippen LogP contribution in [0.15, 0.2) is 24.4 Å². The molecule has 1 aliphatic carbocycles. The fraction of sp³-hybridized carbons (Fsp3) is 0.545. The average molecular weight is 349 g/mol. The molecule has 136 valence electrons. The number of benzene rings is 1. The van der Waals surface area contributed by atoms with E-state index in [4.69, 9.17) is 9.72 Å². The van der Waals surface area contributed by atoms with Crippen LogP contribution in [0.3, 0.4) is 0 Å². The van der Waals surface area contributed by atoms with Crippen molar-refractivity contribution >= 4 is 5.95 Å². The van der Waals surface area contributed by atoms with Crippen molar-refractivity contribution in [1.29, 1.82) is 0 Å². The lowest BCUT2D eigenvalue weighted by Gasteiger charge is -2.31. The first-order chi connectivity index (χ1) is 12.9. The minimum atomic E-state index is 0.655. The second kappa shape index (κ2) is 6.99. The minimum Gasteiger partial charge on any atom is -0.376 e. The molecule has 0 atom stereocenters. The topological polar surface area (TPSA) is 38.2 Å². The molecular formula is C22H27N3O. The summed E-state index contributed by atoms with van der Waals surface area (Å²) in [5.41, 5.74) is 6.87. The van der Waals surface area contributed by atoms with Gasteiger partial charge in [0.1, 0.15) is 0 Å². The van der Waals surface area contributed by atoms with Gasteiger partial charge in [-0.1, -0.05) is 37.5 Å². The number of aromatic nitrogens is 2. The van der Waals surface area contributed by atoms with E-state index in [9.17, 15) is 0 Å². The average Bonchev–Trinajstić information content (AvgIpc) is 2.73. The molecule has 0 radical (unpaired) electrons. The first-order valence-electron chi connectivity index (χ1n) is 10.2. The van der Waals surface area contributed by atoms with E-state index in [1.165, 1.54) is 48.9 Å². The molecule has 0 unspecified atom stereocenters. The third-order valence-corrected chi connectivity index (χ3v) is 6.28. The smallest absolute Gasteiger partial charge is 0.225 e. The van der Waals surface area contributed by atoms with Crippen LogP contribution < -0.4 is 4.90 Å². The standard InChI is InChI=1S/C22H27N3O/c1-2-4-16(5-3-1)17-6-7-19-14-25(10-8-18(19)12-17)22-23-13-20-15-26-11-9-21(20)24-22/h6-7,12-13,16H,1-5,8-11,14-15H2. The maximum absolute atomic E-state index is 5.50. The predicted octanol–water partition coefficient (Wildman–Crippen LogP) is 4.16. The van der Waals surface area contributed by atoms with E-state index in [2.05, 4.69) is 28.1 Å². The van der Waals surface area contributed by atoms with Crippen LogP contribution in [-0.2, 0) is 30.7 Å². The van der Waals surface area contributed by atoms with Gasteiger partial charge in [0.05, 0.1) is 18.9 Å². The Morgan fingerprint density at radius 2 is 1.92 bits per heavy atom.